The van der Waals surface area contributed by atoms with E-state index in [0.29, 0.717) is 5.56 Å². The van der Waals surface area contributed by atoms with Gasteiger partial charge in [0.2, 0.25) is 0 Å². The molecule has 0 amide bonds. The number of carboxylic acid groups (broad SMARTS) is 1. The van der Waals surface area contributed by atoms with Gasteiger partial charge in [-0.25, -0.2) is 4.79 Å². The summed E-state index contributed by atoms with van der Waals surface area (Å²) in [6, 6.07) is 12.8. The van der Waals surface area contributed by atoms with E-state index in [9.17, 15) is 4.79 Å². The second-order valence-corrected chi connectivity index (χ2v) is 6.72. The third-order valence-corrected chi connectivity index (χ3v) is 4.69. The maximum Gasteiger partial charge on any atom is 0.335 e. The van der Waals surface area contributed by atoms with E-state index in [1.54, 1.807) is 38.7 Å². The highest BCUT2D eigenvalue weighted by atomic mass is 16.5. The van der Waals surface area contributed by atoms with Gasteiger partial charge in [0.1, 0.15) is 11.5 Å². The summed E-state index contributed by atoms with van der Waals surface area (Å²) in [7, 11) is 3.28. The number of carboxylic acids is 1. The van der Waals surface area contributed by atoms with Crippen molar-refractivity contribution in [2.45, 2.75) is 25.7 Å². The molecule has 1 heterocycles. The van der Waals surface area contributed by atoms with Crippen LogP contribution in [-0.2, 0) is 25.7 Å². The van der Waals surface area contributed by atoms with Gasteiger partial charge in [0.15, 0.2) is 0 Å². The Kier molecular flexibility index (Phi) is 6.79. The smallest absolute Gasteiger partial charge is 0.335 e. The Morgan fingerprint density at radius 3 is 1.90 bits per heavy atom. The van der Waals surface area contributed by atoms with Gasteiger partial charge in [-0.3, -0.25) is 9.97 Å². The molecular formula is C23H24N2O4. The van der Waals surface area contributed by atoms with Gasteiger partial charge in [0.05, 0.1) is 31.2 Å². The average Bonchev–Trinajstić information content (AvgIpc) is 2.76. The van der Waals surface area contributed by atoms with Crippen LogP contribution in [0.25, 0.3) is 0 Å². The van der Waals surface area contributed by atoms with Crippen molar-refractivity contribution in [1.82, 2.24) is 9.97 Å². The maximum atomic E-state index is 10.9. The van der Waals surface area contributed by atoms with Crippen LogP contribution in [-0.4, -0.2) is 35.3 Å². The van der Waals surface area contributed by atoms with Crippen LogP contribution in [0.3, 0.4) is 0 Å². The van der Waals surface area contributed by atoms with E-state index in [1.165, 1.54) is 0 Å². The van der Waals surface area contributed by atoms with Crippen LogP contribution in [0.2, 0.25) is 0 Å². The summed E-state index contributed by atoms with van der Waals surface area (Å²) in [5, 5.41) is 8.97. The van der Waals surface area contributed by atoms with Crippen LogP contribution < -0.4 is 9.47 Å². The first-order valence-corrected chi connectivity index (χ1v) is 9.41. The summed E-state index contributed by atoms with van der Waals surface area (Å²) in [4.78, 5) is 20.0. The highest BCUT2D eigenvalue weighted by Gasteiger charge is 2.06. The van der Waals surface area contributed by atoms with Crippen molar-refractivity contribution in [3.63, 3.8) is 0 Å². The zero-order valence-electron chi connectivity index (χ0n) is 16.6. The lowest BCUT2D eigenvalue weighted by molar-refractivity contribution is 0.0697. The van der Waals surface area contributed by atoms with Crippen molar-refractivity contribution in [2.75, 3.05) is 14.2 Å². The minimum atomic E-state index is -0.913. The molecule has 150 valence electrons. The molecule has 0 aliphatic rings. The van der Waals surface area contributed by atoms with Gasteiger partial charge in [0, 0.05) is 18.5 Å². The molecule has 6 heteroatoms. The summed E-state index contributed by atoms with van der Waals surface area (Å²) >= 11 is 0. The van der Waals surface area contributed by atoms with E-state index in [2.05, 4.69) is 4.98 Å². The van der Waals surface area contributed by atoms with Crippen molar-refractivity contribution >= 4 is 5.97 Å². The molecule has 0 bridgehead atoms. The van der Waals surface area contributed by atoms with E-state index in [4.69, 9.17) is 19.6 Å². The van der Waals surface area contributed by atoms with Gasteiger partial charge in [-0.1, -0.05) is 12.1 Å². The van der Waals surface area contributed by atoms with Crippen LogP contribution in [0.4, 0.5) is 0 Å². The number of benzene rings is 2. The fourth-order valence-corrected chi connectivity index (χ4v) is 3.06. The van der Waals surface area contributed by atoms with E-state index in [-0.39, 0.29) is 0 Å². The van der Waals surface area contributed by atoms with E-state index in [0.717, 1.165) is 59.7 Å². The lowest BCUT2D eigenvalue weighted by atomic mass is 10.1. The Hall–Kier alpha value is -3.41. The maximum absolute atomic E-state index is 10.9. The summed E-state index contributed by atoms with van der Waals surface area (Å²) in [6.07, 6.45) is 6.68. The predicted octanol–water partition coefficient (Wildman–Crippen LogP) is 3.76. The number of methoxy groups -OCH3 is 2. The molecule has 0 aliphatic carbocycles. The second-order valence-electron chi connectivity index (χ2n) is 6.72. The van der Waals surface area contributed by atoms with E-state index < -0.39 is 5.97 Å². The standard InChI is InChI=1S/C23H24N2O4/c1-28-21-11-17(12-22(13-21)29-2)6-10-20-15-24-14-19(25-20)9-5-16-3-7-18(8-4-16)23(26)27/h3-4,7-8,11-15H,5-6,9-10H2,1-2H3,(H,26,27). The van der Waals surface area contributed by atoms with Crippen LogP contribution in [0.5, 0.6) is 11.5 Å². The zero-order valence-corrected chi connectivity index (χ0v) is 16.6. The summed E-state index contributed by atoms with van der Waals surface area (Å²) in [5.41, 5.74) is 4.35. The molecule has 2 aromatic carbocycles. The molecule has 0 saturated heterocycles. The molecule has 0 atom stereocenters. The number of aromatic carboxylic acids is 1. The van der Waals surface area contributed by atoms with Gasteiger partial charge < -0.3 is 14.6 Å². The Morgan fingerprint density at radius 2 is 1.38 bits per heavy atom. The molecule has 29 heavy (non-hydrogen) atoms. The Balaban J connectivity index is 1.60. The highest BCUT2D eigenvalue weighted by Crippen LogP contribution is 2.23. The summed E-state index contributed by atoms with van der Waals surface area (Å²) in [6.45, 7) is 0. The molecule has 0 fully saturated rings. The molecular weight excluding hydrogens is 368 g/mol. The molecule has 0 spiro atoms. The average molecular weight is 392 g/mol. The number of hydrogen-bond donors (Lipinski definition) is 1. The fraction of sp³-hybridized carbons (Fsp3) is 0.261. The molecule has 0 saturated carbocycles. The topological polar surface area (TPSA) is 81.5 Å². The molecule has 3 rings (SSSR count). The molecule has 1 aromatic heterocycles. The first-order valence-electron chi connectivity index (χ1n) is 9.41. The molecule has 0 radical (unpaired) electrons. The van der Waals surface area contributed by atoms with Gasteiger partial charge in [0.25, 0.3) is 0 Å². The number of hydrogen-bond acceptors (Lipinski definition) is 5. The normalized spacial score (nSPS) is 10.6. The zero-order chi connectivity index (χ0) is 20.6. The first-order chi connectivity index (χ1) is 14.1. The SMILES string of the molecule is COc1cc(CCc2cncc(CCc3ccc(C(=O)O)cc3)n2)cc(OC)c1. The van der Waals surface area contributed by atoms with Crippen molar-refractivity contribution in [2.24, 2.45) is 0 Å². The van der Waals surface area contributed by atoms with Gasteiger partial charge in [-0.2, -0.15) is 0 Å². The molecule has 6 nitrogen and oxygen atoms in total. The van der Waals surface area contributed by atoms with Gasteiger partial charge in [-0.05, 0) is 61.1 Å². The van der Waals surface area contributed by atoms with Crippen molar-refractivity contribution in [3.05, 3.63) is 82.9 Å². The number of ether oxygens (including phenoxy) is 2. The van der Waals surface area contributed by atoms with Crippen LogP contribution in [0, 0.1) is 0 Å². The summed E-state index contributed by atoms with van der Waals surface area (Å²) in [5.74, 6) is 0.630. The van der Waals surface area contributed by atoms with Crippen LogP contribution in [0.15, 0.2) is 54.9 Å². The largest absolute Gasteiger partial charge is 0.497 e. The van der Waals surface area contributed by atoms with E-state index >= 15 is 0 Å². The lowest BCUT2D eigenvalue weighted by Crippen LogP contribution is -2.02. The minimum absolute atomic E-state index is 0.296. The fourth-order valence-electron chi connectivity index (χ4n) is 3.06. The summed E-state index contributed by atoms with van der Waals surface area (Å²) < 4.78 is 10.6. The third kappa shape index (κ3) is 5.78. The number of rotatable bonds is 9. The Morgan fingerprint density at radius 1 is 0.828 bits per heavy atom. The van der Waals surface area contributed by atoms with Crippen LogP contribution >= 0.6 is 0 Å². The van der Waals surface area contributed by atoms with Crippen LogP contribution in [0.1, 0.15) is 32.9 Å². The van der Waals surface area contributed by atoms with Gasteiger partial charge in [-0.15, -0.1) is 0 Å². The van der Waals surface area contributed by atoms with Crippen molar-refractivity contribution in [1.29, 1.82) is 0 Å². The number of carbonyl (C=O) groups is 1. The van der Waals surface area contributed by atoms with Crippen molar-refractivity contribution in [3.8, 4) is 11.5 Å². The number of aryl methyl sites for hydroxylation is 4. The predicted molar refractivity (Wildman–Crippen MR) is 110 cm³/mol. The number of nitrogens with zero attached hydrogens (tertiary/aromatic N) is 2. The lowest BCUT2D eigenvalue weighted by Gasteiger charge is -2.09. The Labute approximate surface area is 170 Å². The molecule has 0 unspecified atom stereocenters. The molecule has 0 aliphatic heterocycles. The van der Waals surface area contributed by atoms with Gasteiger partial charge >= 0.3 is 5.97 Å². The third-order valence-electron chi connectivity index (χ3n) is 4.69. The quantitative estimate of drug-likeness (QED) is 0.597. The van der Waals surface area contributed by atoms with E-state index in [1.807, 2.05) is 30.3 Å². The van der Waals surface area contributed by atoms with Crippen molar-refractivity contribution < 1.29 is 19.4 Å². The second kappa shape index (κ2) is 9.68. The first kappa shape index (κ1) is 20.3. The number of aromatic nitrogens is 2. The highest BCUT2D eigenvalue weighted by molar-refractivity contribution is 5.87. The monoisotopic (exact) mass is 392 g/mol. The Bertz CT molecular complexity index is 949. The molecule has 3 aromatic rings. The minimum Gasteiger partial charge on any atom is -0.497 e. The molecule has 1 N–H and O–H groups in total.